The Bertz CT molecular complexity index is 944. The van der Waals surface area contributed by atoms with Crippen LogP contribution in [0.2, 0.25) is 0 Å². The summed E-state index contributed by atoms with van der Waals surface area (Å²) >= 11 is 0. The number of benzene rings is 1. The second-order valence-corrected chi connectivity index (χ2v) is 8.83. The van der Waals surface area contributed by atoms with Gasteiger partial charge < -0.3 is 10.6 Å². The summed E-state index contributed by atoms with van der Waals surface area (Å²) in [6.45, 7) is 8.24. The number of amides is 1. The minimum Gasteiger partial charge on any atom is -0.369 e. The average molecular weight is 407 g/mol. The van der Waals surface area contributed by atoms with Crippen LogP contribution in [-0.4, -0.2) is 45.4 Å². The van der Waals surface area contributed by atoms with Crippen molar-refractivity contribution in [3.63, 3.8) is 0 Å². The van der Waals surface area contributed by atoms with Gasteiger partial charge in [0.1, 0.15) is 0 Å². The van der Waals surface area contributed by atoms with Gasteiger partial charge >= 0.3 is 0 Å². The van der Waals surface area contributed by atoms with E-state index in [1.807, 2.05) is 19.1 Å². The summed E-state index contributed by atoms with van der Waals surface area (Å²) in [6, 6.07) is 12.4. The molecule has 3 heterocycles. The smallest absolute Gasteiger partial charge is 0.232 e. The van der Waals surface area contributed by atoms with Crippen LogP contribution >= 0.6 is 0 Å². The van der Waals surface area contributed by atoms with Crippen LogP contribution < -0.4 is 10.6 Å². The summed E-state index contributed by atoms with van der Waals surface area (Å²) in [6.07, 6.45) is 3.19. The highest BCUT2D eigenvalue weighted by molar-refractivity contribution is 5.98. The van der Waals surface area contributed by atoms with Crippen molar-refractivity contribution in [2.45, 2.75) is 51.6 Å². The van der Waals surface area contributed by atoms with Crippen molar-refractivity contribution in [2.24, 2.45) is 16.6 Å². The predicted octanol–water partition coefficient (Wildman–Crippen LogP) is 2.93. The highest BCUT2D eigenvalue weighted by atomic mass is 16.2. The maximum atomic E-state index is 12.8. The van der Waals surface area contributed by atoms with Crippen molar-refractivity contribution < 1.29 is 4.79 Å². The molecule has 7 heteroatoms. The molecule has 0 bridgehead atoms. The number of aliphatic imine (C=N–C) groups is 1. The number of hydrogen-bond donors (Lipinski definition) is 1. The van der Waals surface area contributed by atoms with Gasteiger partial charge in [-0.05, 0) is 30.9 Å². The minimum atomic E-state index is -0.448. The summed E-state index contributed by atoms with van der Waals surface area (Å²) in [4.78, 5) is 30.4. The van der Waals surface area contributed by atoms with Crippen LogP contribution in [-0.2, 0) is 11.3 Å². The molecule has 158 valence electrons. The molecule has 1 aromatic heterocycles. The fraction of sp³-hybridized carbons (Fsp3) is 0.478. The molecular weight excluding hydrogens is 376 g/mol. The van der Waals surface area contributed by atoms with E-state index in [2.05, 4.69) is 53.0 Å². The molecule has 2 atom stereocenters. The number of nitrogens with zero attached hydrogens (tertiary/aromatic N) is 5. The number of anilines is 1. The molecular formula is C23H30N6O. The van der Waals surface area contributed by atoms with Gasteiger partial charge in [-0.2, -0.15) is 0 Å². The topological polar surface area (TPSA) is 87.7 Å². The average Bonchev–Trinajstić information content (AvgIpc) is 3.22. The molecule has 2 aliphatic heterocycles. The molecule has 2 aliphatic rings. The third-order valence-corrected chi connectivity index (χ3v) is 6.46. The van der Waals surface area contributed by atoms with E-state index in [4.69, 9.17) is 10.7 Å². The lowest BCUT2D eigenvalue weighted by Gasteiger charge is -2.37. The number of hydrogen-bond acceptors (Lipinski definition) is 6. The van der Waals surface area contributed by atoms with E-state index in [9.17, 15) is 4.79 Å². The normalized spacial score (nSPS) is 24.5. The van der Waals surface area contributed by atoms with Gasteiger partial charge in [0.25, 0.3) is 0 Å². The Labute approximate surface area is 178 Å². The van der Waals surface area contributed by atoms with Gasteiger partial charge in [0.15, 0.2) is 5.96 Å². The predicted molar refractivity (Wildman–Crippen MR) is 118 cm³/mol. The van der Waals surface area contributed by atoms with E-state index in [1.165, 1.54) is 10.5 Å². The Morgan fingerprint density at radius 3 is 2.70 bits per heavy atom. The number of rotatable bonds is 5. The highest BCUT2D eigenvalue weighted by Crippen LogP contribution is 2.31. The largest absolute Gasteiger partial charge is 0.369 e. The van der Waals surface area contributed by atoms with Gasteiger partial charge in [-0.15, -0.1) is 0 Å². The molecule has 30 heavy (non-hydrogen) atoms. The van der Waals surface area contributed by atoms with Gasteiger partial charge in [0.2, 0.25) is 11.9 Å². The molecule has 1 fully saturated rings. The van der Waals surface area contributed by atoms with E-state index >= 15 is 0 Å². The third kappa shape index (κ3) is 4.01. The van der Waals surface area contributed by atoms with Gasteiger partial charge in [-0.3, -0.25) is 9.69 Å². The summed E-state index contributed by atoms with van der Waals surface area (Å²) in [5.74, 6) is 1.69. The van der Waals surface area contributed by atoms with Crippen molar-refractivity contribution in [1.82, 2.24) is 14.9 Å². The quantitative estimate of drug-likeness (QED) is 0.825. The Hall–Kier alpha value is -2.96. The zero-order valence-corrected chi connectivity index (χ0v) is 18.0. The third-order valence-electron chi connectivity index (χ3n) is 6.46. The molecule has 7 nitrogen and oxygen atoms in total. The maximum absolute atomic E-state index is 12.8. The van der Waals surface area contributed by atoms with E-state index in [0.29, 0.717) is 24.8 Å². The zero-order valence-electron chi connectivity index (χ0n) is 18.0. The van der Waals surface area contributed by atoms with Crippen LogP contribution in [0, 0.1) is 5.92 Å². The number of carbonyl (C=O) groups is 1. The van der Waals surface area contributed by atoms with E-state index < -0.39 is 5.54 Å². The molecule has 0 aliphatic carbocycles. The summed E-state index contributed by atoms with van der Waals surface area (Å²) in [7, 11) is 0. The zero-order chi connectivity index (χ0) is 21.3. The molecule has 1 aromatic carbocycles. The Kier molecular flexibility index (Phi) is 5.45. The van der Waals surface area contributed by atoms with Crippen molar-refractivity contribution in [2.75, 3.05) is 18.0 Å². The lowest BCUT2D eigenvalue weighted by Crippen LogP contribution is -2.51. The van der Waals surface area contributed by atoms with E-state index in [1.54, 1.807) is 6.20 Å². The summed E-state index contributed by atoms with van der Waals surface area (Å²) in [5.41, 5.74) is 7.85. The van der Waals surface area contributed by atoms with Crippen LogP contribution in [0.25, 0.3) is 0 Å². The lowest BCUT2D eigenvalue weighted by atomic mass is 9.84. The second-order valence-electron chi connectivity index (χ2n) is 8.83. The molecule has 0 unspecified atom stereocenters. The minimum absolute atomic E-state index is 0.0100. The number of guanidine groups is 1. The molecule has 1 saturated heterocycles. The molecule has 4 rings (SSSR count). The van der Waals surface area contributed by atoms with Crippen molar-refractivity contribution in [3.8, 4) is 0 Å². The van der Waals surface area contributed by atoms with Gasteiger partial charge in [-0.1, -0.05) is 44.2 Å². The van der Waals surface area contributed by atoms with E-state index in [0.717, 1.165) is 25.2 Å². The number of aromatic nitrogens is 2. The summed E-state index contributed by atoms with van der Waals surface area (Å²) in [5, 5.41) is 0. The molecule has 0 radical (unpaired) electrons. The van der Waals surface area contributed by atoms with Crippen LogP contribution in [0.4, 0.5) is 5.95 Å². The summed E-state index contributed by atoms with van der Waals surface area (Å²) < 4.78 is 0. The molecule has 0 saturated carbocycles. The first-order valence-corrected chi connectivity index (χ1v) is 10.6. The molecule has 0 spiro atoms. The fourth-order valence-corrected chi connectivity index (χ4v) is 4.12. The van der Waals surface area contributed by atoms with Crippen LogP contribution in [0.1, 0.15) is 50.8 Å². The molecule has 2 N–H and O–H groups in total. The van der Waals surface area contributed by atoms with Crippen molar-refractivity contribution >= 4 is 17.8 Å². The molecule has 1 amide bonds. The Morgan fingerprint density at radius 1 is 1.23 bits per heavy atom. The van der Waals surface area contributed by atoms with Gasteiger partial charge in [0, 0.05) is 25.2 Å². The Morgan fingerprint density at radius 2 is 2.00 bits per heavy atom. The van der Waals surface area contributed by atoms with Crippen LogP contribution in [0.5, 0.6) is 0 Å². The Balaban J connectivity index is 1.48. The maximum Gasteiger partial charge on any atom is 0.232 e. The highest BCUT2D eigenvalue weighted by Gasteiger charge is 2.38. The van der Waals surface area contributed by atoms with Crippen molar-refractivity contribution in [1.29, 1.82) is 0 Å². The first kappa shape index (κ1) is 20.3. The lowest BCUT2D eigenvalue weighted by molar-refractivity contribution is -0.130. The SMILES string of the molecule is CC(C)[C@]1(C)CC(=O)N(Cc2ccnc(N3CC[C@H](c4ccccc4)C3)n2)C(N)=N1. The van der Waals surface area contributed by atoms with Crippen LogP contribution in [0.15, 0.2) is 47.6 Å². The molecule has 2 aromatic rings. The first-order valence-electron chi connectivity index (χ1n) is 10.6. The monoisotopic (exact) mass is 406 g/mol. The van der Waals surface area contributed by atoms with E-state index in [-0.39, 0.29) is 17.8 Å². The van der Waals surface area contributed by atoms with Gasteiger partial charge in [-0.25, -0.2) is 15.0 Å². The standard InChI is InChI=1S/C23H30N6O/c1-16(2)23(3)13-20(30)29(21(24)27-23)15-19-9-11-25-22(26-19)28-12-10-18(14-28)17-7-5-4-6-8-17/h4-9,11,16,18H,10,12-15H2,1-3H3,(H2,24,27)/t18-,23-/m0/s1. The second kappa shape index (κ2) is 8.05. The van der Waals surface area contributed by atoms with Crippen LogP contribution in [0.3, 0.4) is 0 Å². The number of nitrogens with two attached hydrogens (primary N) is 1. The first-order chi connectivity index (χ1) is 14.4. The van der Waals surface area contributed by atoms with Crippen molar-refractivity contribution in [3.05, 3.63) is 53.9 Å². The fourth-order valence-electron chi connectivity index (χ4n) is 4.12. The number of carbonyl (C=O) groups excluding carboxylic acids is 1. The van der Waals surface area contributed by atoms with Gasteiger partial charge in [0.05, 0.1) is 24.2 Å².